The molecule has 0 spiro atoms. The highest BCUT2D eigenvalue weighted by molar-refractivity contribution is 5.82. The van der Waals surface area contributed by atoms with Crippen molar-refractivity contribution in [1.82, 2.24) is 10.6 Å². The molecular weight excluding hydrogens is 276 g/mol. The molecule has 0 aliphatic heterocycles. The number of carbonyl (C=O) groups is 2. The van der Waals surface area contributed by atoms with Crippen LogP contribution in [0, 0.1) is 16.7 Å². The van der Waals surface area contributed by atoms with Crippen LogP contribution < -0.4 is 10.6 Å². The highest BCUT2D eigenvalue weighted by Crippen LogP contribution is 2.37. The van der Waals surface area contributed by atoms with Gasteiger partial charge in [-0.3, -0.25) is 9.59 Å². The molecule has 2 unspecified atom stereocenters. The van der Waals surface area contributed by atoms with E-state index in [4.69, 9.17) is 0 Å². The highest BCUT2D eigenvalue weighted by atomic mass is 16.2. The Hall–Kier alpha value is -1.06. The number of carbonyl (C=O) groups excluding carboxylic acids is 2. The summed E-state index contributed by atoms with van der Waals surface area (Å²) in [4.78, 5) is 23.9. The molecule has 4 heteroatoms. The van der Waals surface area contributed by atoms with Gasteiger partial charge in [0.15, 0.2) is 0 Å². The molecule has 0 aromatic heterocycles. The first-order valence-electron chi connectivity index (χ1n) is 8.59. The molecule has 1 rings (SSSR count). The number of hydrogen-bond donors (Lipinski definition) is 2. The van der Waals surface area contributed by atoms with Crippen LogP contribution in [-0.4, -0.2) is 24.4 Å². The van der Waals surface area contributed by atoms with E-state index in [-0.39, 0.29) is 23.3 Å². The van der Waals surface area contributed by atoms with E-state index in [0.717, 1.165) is 6.42 Å². The van der Waals surface area contributed by atoms with Gasteiger partial charge in [0, 0.05) is 24.4 Å². The molecule has 0 bridgehead atoms. The zero-order valence-corrected chi connectivity index (χ0v) is 15.2. The van der Waals surface area contributed by atoms with Crippen molar-refractivity contribution in [2.75, 3.05) is 6.54 Å². The van der Waals surface area contributed by atoms with Gasteiger partial charge in [-0.1, -0.05) is 54.4 Å². The molecule has 4 nitrogen and oxygen atoms in total. The number of amides is 2. The number of hydrogen-bond acceptors (Lipinski definition) is 2. The second kappa shape index (κ2) is 7.47. The van der Waals surface area contributed by atoms with Crippen molar-refractivity contribution in [2.24, 2.45) is 16.7 Å². The molecule has 1 fully saturated rings. The fraction of sp³-hybridized carbons (Fsp3) is 0.889. The van der Waals surface area contributed by atoms with Crippen molar-refractivity contribution >= 4 is 11.8 Å². The maximum atomic E-state index is 12.2. The van der Waals surface area contributed by atoms with Crippen molar-refractivity contribution in [1.29, 1.82) is 0 Å². The molecule has 1 saturated carbocycles. The van der Waals surface area contributed by atoms with Gasteiger partial charge in [-0.15, -0.1) is 0 Å². The molecule has 2 atom stereocenters. The molecule has 0 aromatic carbocycles. The summed E-state index contributed by atoms with van der Waals surface area (Å²) in [5.41, 5.74) is -0.185. The predicted molar refractivity (Wildman–Crippen MR) is 90.4 cm³/mol. The molecule has 1 aliphatic rings. The third kappa shape index (κ3) is 5.98. The van der Waals surface area contributed by atoms with E-state index < -0.39 is 5.41 Å². The van der Waals surface area contributed by atoms with Crippen molar-refractivity contribution in [2.45, 2.75) is 79.7 Å². The summed E-state index contributed by atoms with van der Waals surface area (Å²) in [5.74, 6) is 0.579. The Morgan fingerprint density at radius 3 is 2.14 bits per heavy atom. The van der Waals surface area contributed by atoms with Crippen LogP contribution in [0.5, 0.6) is 0 Å². The fourth-order valence-corrected chi connectivity index (χ4v) is 3.17. The summed E-state index contributed by atoms with van der Waals surface area (Å²) in [6, 6.07) is 0.277. The third-order valence-corrected chi connectivity index (χ3v) is 4.54. The third-order valence-electron chi connectivity index (χ3n) is 4.54. The van der Waals surface area contributed by atoms with Gasteiger partial charge >= 0.3 is 0 Å². The standard InChI is InChI=1S/C18H34N2O2/c1-17(2,3)13-9-7-8-10-14(13)20-15(21)11-12-19-16(22)18(4,5)6/h13-14H,7-12H2,1-6H3,(H,19,22)(H,20,21). The quantitative estimate of drug-likeness (QED) is 0.837. The van der Waals surface area contributed by atoms with Crippen molar-refractivity contribution in [3.05, 3.63) is 0 Å². The van der Waals surface area contributed by atoms with Gasteiger partial charge in [0.25, 0.3) is 0 Å². The molecule has 128 valence electrons. The molecule has 0 heterocycles. The topological polar surface area (TPSA) is 58.2 Å². The maximum Gasteiger partial charge on any atom is 0.225 e. The Morgan fingerprint density at radius 2 is 1.59 bits per heavy atom. The van der Waals surface area contributed by atoms with Gasteiger partial charge < -0.3 is 10.6 Å². The maximum absolute atomic E-state index is 12.2. The second-order valence-corrected chi connectivity index (χ2v) is 8.69. The molecule has 0 saturated heterocycles. The summed E-state index contributed by atoms with van der Waals surface area (Å²) in [6.07, 6.45) is 5.07. The Kier molecular flexibility index (Phi) is 6.45. The van der Waals surface area contributed by atoms with Gasteiger partial charge in [-0.25, -0.2) is 0 Å². The van der Waals surface area contributed by atoms with E-state index in [0.29, 0.717) is 18.9 Å². The zero-order valence-electron chi connectivity index (χ0n) is 15.2. The van der Waals surface area contributed by atoms with Crippen LogP contribution in [-0.2, 0) is 9.59 Å². The van der Waals surface area contributed by atoms with Crippen LogP contribution in [0.1, 0.15) is 73.6 Å². The largest absolute Gasteiger partial charge is 0.355 e. The molecule has 22 heavy (non-hydrogen) atoms. The number of nitrogens with one attached hydrogen (secondary N) is 2. The Bertz CT molecular complexity index is 391. The van der Waals surface area contributed by atoms with E-state index in [1.165, 1.54) is 19.3 Å². The molecule has 0 aromatic rings. The monoisotopic (exact) mass is 310 g/mol. The van der Waals surface area contributed by atoms with Gasteiger partial charge in [0.2, 0.25) is 11.8 Å². The lowest BCUT2D eigenvalue weighted by Gasteiger charge is -2.40. The summed E-state index contributed by atoms with van der Waals surface area (Å²) in [6.45, 7) is 12.8. The average Bonchev–Trinajstić information content (AvgIpc) is 2.36. The summed E-state index contributed by atoms with van der Waals surface area (Å²) >= 11 is 0. The minimum atomic E-state index is -0.406. The van der Waals surface area contributed by atoms with Gasteiger partial charge in [-0.05, 0) is 24.2 Å². The van der Waals surface area contributed by atoms with E-state index in [1.54, 1.807) is 0 Å². The lowest BCUT2D eigenvalue weighted by molar-refractivity contribution is -0.128. The van der Waals surface area contributed by atoms with Gasteiger partial charge in [0.05, 0.1) is 0 Å². The minimum Gasteiger partial charge on any atom is -0.355 e. The lowest BCUT2D eigenvalue weighted by Crippen LogP contribution is -2.47. The second-order valence-electron chi connectivity index (χ2n) is 8.69. The summed E-state index contributed by atoms with van der Waals surface area (Å²) in [7, 11) is 0. The normalized spacial score (nSPS) is 23.0. The zero-order chi connectivity index (χ0) is 17.0. The molecule has 2 amide bonds. The van der Waals surface area contributed by atoms with E-state index in [1.807, 2.05) is 20.8 Å². The lowest BCUT2D eigenvalue weighted by atomic mass is 9.69. The van der Waals surface area contributed by atoms with E-state index in [2.05, 4.69) is 31.4 Å². The minimum absolute atomic E-state index is 0.00876. The SMILES string of the molecule is CC(C)(C)C(=O)NCCC(=O)NC1CCCCC1C(C)(C)C. The van der Waals surface area contributed by atoms with Gasteiger partial charge in [-0.2, -0.15) is 0 Å². The fourth-order valence-electron chi connectivity index (χ4n) is 3.17. The first-order chi connectivity index (χ1) is 10.0. The van der Waals surface area contributed by atoms with Crippen LogP contribution in [0.3, 0.4) is 0 Å². The Balaban J connectivity index is 2.42. The molecule has 2 N–H and O–H groups in total. The molecule has 1 aliphatic carbocycles. The molecular formula is C18H34N2O2. The smallest absolute Gasteiger partial charge is 0.225 e. The van der Waals surface area contributed by atoms with E-state index >= 15 is 0 Å². The Labute approximate surface area is 135 Å². The first-order valence-corrected chi connectivity index (χ1v) is 8.59. The van der Waals surface area contributed by atoms with Gasteiger partial charge in [0.1, 0.15) is 0 Å². The summed E-state index contributed by atoms with van der Waals surface area (Å²) < 4.78 is 0. The molecule has 0 radical (unpaired) electrons. The summed E-state index contributed by atoms with van der Waals surface area (Å²) in [5, 5.41) is 6.03. The first kappa shape index (κ1) is 19.0. The van der Waals surface area contributed by atoms with Crippen molar-refractivity contribution in [3.63, 3.8) is 0 Å². The van der Waals surface area contributed by atoms with Crippen LogP contribution >= 0.6 is 0 Å². The average molecular weight is 310 g/mol. The Morgan fingerprint density at radius 1 is 1.00 bits per heavy atom. The van der Waals surface area contributed by atoms with Crippen LogP contribution in [0.2, 0.25) is 0 Å². The van der Waals surface area contributed by atoms with Crippen LogP contribution in [0.25, 0.3) is 0 Å². The van der Waals surface area contributed by atoms with E-state index in [9.17, 15) is 9.59 Å². The van der Waals surface area contributed by atoms with Crippen molar-refractivity contribution in [3.8, 4) is 0 Å². The number of rotatable bonds is 4. The van der Waals surface area contributed by atoms with Crippen LogP contribution in [0.4, 0.5) is 0 Å². The van der Waals surface area contributed by atoms with Crippen LogP contribution in [0.15, 0.2) is 0 Å². The predicted octanol–water partition coefficient (Wildman–Crippen LogP) is 3.26. The van der Waals surface area contributed by atoms with Crippen molar-refractivity contribution < 1.29 is 9.59 Å². The highest BCUT2D eigenvalue weighted by Gasteiger charge is 2.34.